The molecule has 0 radical (unpaired) electrons. The van der Waals surface area contributed by atoms with Gasteiger partial charge in [0.1, 0.15) is 11.7 Å². The molecule has 0 heterocycles. The van der Waals surface area contributed by atoms with E-state index in [1.54, 1.807) is 0 Å². The molecule has 1 atom stereocenters. The van der Waals surface area contributed by atoms with E-state index in [1.165, 1.54) is 0 Å². The van der Waals surface area contributed by atoms with Gasteiger partial charge in [0.05, 0.1) is 16.7 Å². The molecule has 2 rings (SSSR count). The van der Waals surface area contributed by atoms with Gasteiger partial charge in [-0.2, -0.15) is 39.5 Å². The van der Waals surface area contributed by atoms with Crippen LogP contribution < -0.4 is 0 Å². The third-order valence-electron chi connectivity index (χ3n) is 4.15. The summed E-state index contributed by atoms with van der Waals surface area (Å²) in [5, 5.41) is 8.82. The number of hydrogen-bond donors (Lipinski definition) is 1. The van der Waals surface area contributed by atoms with Gasteiger partial charge in [-0.05, 0) is 35.9 Å². The zero-order chi connectivity index (χ0) is 24.6. The van der Waals surface area contributed by atoms with Crippen molar-refractivity contribution in [2.24, 2.45) is 0 Å². The van der Waals surface area contributed by atoms with Crippen LogP contribution in [0.5, 0.6) is 0 Å². The second kappa shape index (κ2) is 8.75. The van der Waals surface area contributed by atoms with Gasteiger partial charge >= 0.3 is 24.5 Å². The second-order valence-corrected chi connectivity index (χ2v) is 7.19. The lowest BCUT2D eigenvalue weighted by Gasteiger charge is -2.20. The van der Waals surface area contributed by atoms with Gasteiger partial charge in [-0.25, -0.2) is 9.18 Å². The molecule has 0 aromatic heterocycles. The molecule has 0 amide bonds. The van der Waals surface area contributed by atoms with Crippen LogP contribution in [0.2, 0.25) is 0 Å². The van der Waals surface area contributed by atoms with E-state index in [4.69, 9.17) is 5.11 Å². The van der Waals surface area contributed by atoms with Crippen LogP contribution in [0.3, 0.4) is 0 Å². The van der Waals surface area contributed by atoms with Crippen LogP contribution >= 0.6 is 15.9 Å². The van der Waals surface area contributed by atoms with Crippen LogP contribution in [0, 0.1) is 0 Å². The minimum absolute atomic E-state index is 0.00540. The van der Waals surface area contributed by atoms with E-state index in [-0.39, 0.29) is 18.2 Å². The van der Waals surface area contributed by atoms with Crippen molar-refractivity contribution in [1.29, 1.82) is 0 Å². The Morgan fingerprint density at radius 2 is 1.44 bits per heavy atom. The Labute approximate surface area is 181 Å². The van der Waals surface area contributed by atoms with Crippen molar-refractivity contribution in [2.45, 2.75) is 24.4 Å². The van der Waals surface area contributed by atoms with Gasteiger partial charge in [-0.3, -0.25) is 0 Å². The molecule has 1 N–H and O–H groups in total. The Balaban J connectivity index is 2.64. The Bertz CT molecular complexity index is 1050. The summed E-state index contributed by atoms with van der Waals surface area (Å²) in [6, 6.07) is 2.34. The number of carboxylic acid groups (broad SMARTS) is 1. The average molecular weight is 539 g/mol. The normalized spacial score (nSPS) is 14.4. The van der Waals surface area contributed by atoms with Crippen molar-refractivity contribution in [3.8, 4) is 0 Å². The second-order valence-electron chi connectivity index (χ2n) is 6.33. The summed E-state index contributed by atoms with van der Waals surface area (Å²) in [6.07, 6.45) is -15.8. The number of benzene rings is 2. The van der Waals surface area contributed by atoms with E-state index in [0.29, 0.717) is 24.3 Å². The molecule has 2 aromatic rings. The lowest BCUT2D eigenvalue weighted by Crippen LogP contribution is -2.20. The minimum Gasteiger partial charge on any atom is -0.478 e. The van der Waals surface area contributed by atoms with E-state index < -0.39 is 68.5 Å². The summed E-state index contributed by atoms with van der Waals surface area (Å²) in [4.78, 5) is 10.9. The Morgan fingerprint density at radius 1 is 0.875 bits per heavy atom. The summed E-state index contributed by atoms with van der Waals surface area (Å²) in [5.74, 6) is -6.78. The smallest absolute Gasteiger partial charge is 0.417 e. The maximum absolute atomic E-state index is 14.5. The number of aromatic carboxylic acids is 1. The molecule has 1 unspecified atom stereocenters. The standard InChI is InChI=1S/C19H9BrF10O2/c20-14-4-2-8(5-13(14)19(28,29)30)11(17(22,23)24)7-15(21)9-1-3-10(16(31)32)12(6-9)18(25,26)27/h1-7,11H,(H,31,32). The molecule has 0 bridgehead atoms. The summed E-state index contributed by atoms with van der Waals surface area (Å²) in [5.41, 5.74) is -6.59. The number of hydrogen-bond acceptors (Lipinski definition) is 1. The van der Waals surface area contributed by atoms with Crippen LogP contribution in [0.1, 0.15) is 38.5 Å². The van der Waals surface area contributed by atoms with Crippen LogP contribution in [0.25, 0.3) is 5.83 Å². The number of alkyl halides is 9. The van der Waals surface area contributed by atoms with Crippen molar-refractivity contribution in [2.75, 3.05) is 0 Å². The van der Waals surface area contributed by atoms with E-state index in [0.717, 1.165) is 0 Å². The predicted octanol–water partition coefficient (Wildman–Crippen LogP) is 7.84. The van der Waals surface area contributed by atoms with Gasteiger partial charge in [-0.1, -0.05) is 28.1 Å². The van der Waals surface area contributed by atoms with Crippen LogP contribution in [0.15, 0.2) is 46.9 Å². The van der Waals surface area contributed by atoms with Crippen molar-refractivity contribution in [1.82, 2.24) is 0 Å². The molecule has 0 saturated heterocycles. The van der Waals surface area contributed by atoms with Gasteiger partial charge in [0.25, 0.3) is 0 Å². The van der Waals surface area contributed by atoms with E-state index >= 15 is 0 Å². The van der Waals surface area contributed by atoms with Crippen molar-refractivity contribution >= 4 is 27.7 Å². The Hall–Kier alpha value is -2.57. The van der Waals surface area contributed by atoms with E-state index in [1.807, 2.05) is 0 Å². The van der Waals surface area contributed by atoms with E-state index in [2.05, 4.69) is 15.9 Å². The molecule has 0 saturated carbocycles. The Kier molecular flexibility index (Phi) is 7.03. The lowest BCUT2D eigenvalue weighted by molar-refractivity contribution is -0.142. The number of carbonyl (C=O) groups is 1. The van der Waals surface area contributed by atoms with Gasteiger partial charge in [0.15, 0.2) is 0 Å². The highest BCUT2D eigenvalue weighted by atomic mass is 79.9. The number of carboxylic acids is 1. The van der Waals surface area contributed by atoms with Gasteiger partial charge in [-0.15, -0.1) is 0 Å². The van der Waals surface area contributed by atoms with Crippen LogP contribution in [0.4, 0.5) is 43.9 Å². The van der Waals surface area contributed by atoms with Crippen molar-refractivity contribution < 1.29 is 53.8 Å². The van der Waals surface area contributed by atoms with Crippen molar-refractivity contribution in [3.05, 3.63) is 74.8 Å². The average Bonchev–Trinajstić information content (AvgIpc) is 2.63. The minimum atomic E-state index is -5.30. The first-order valence-corrected chi connectivity index (χ1v) is 8.97. The predicted molar refractivity (Wildman–Crippen MR) is 95.4 cm³/mol. The van der Waals surface area contributed by atoms with E-state index in [9.17, 15) is 48.7 Å². The highest BCUT2D eigenvalue weighted by molar-refractivity contribution is 9.10. The molecule has 2 aromatic carbocycles. The molecule has 13 heteroatoms. The fourth-order valence-corrected chi connectivity index (χ4v) is 3.16. The monoisotopic (exact) mass is 538 g/mol. The Morgan fingerprint density at radius 3 is 1.91 bits per heavy atom. The van der Waals surface area contributed by atoms with Crippen LogP contribution in [-0.4, -0.2) is 17.3 Å². The zero-order valence-corrected chi connectivity index (χ0v) is 16.7. The van der Waals surface area contributed by atoms with Gasteiger partial charge in [0, 0.05) is 10.0 Å². The van der Waals surface area contributed by atoms with Crippen molar-refractivity contribution in [3.63, 3.8) is 0 Å². The number of halogens is 11. The first-order chi connectivity index (χ1) is 14.4. The summed E-state index contributed by atoms with van der Waals surface area (Å²) < 4.78 is 133. The number of rotatable bonds is 4. The van der Waals surface area contributed by atoms with Gasteiger partial charge in [0.2, 0.25) is 0 Å². The SMILES string of the molecule is O=C(O)c1ccc(C(F)=CC(c2ccc(Br)c(C(F)(F)F)c2)C(F)(F)F)cc1C(F)(F)F. The molecule has 0 aliphatic carbocycles. The lowest BCUT2D eigenvalue weighted by atomic mass is 9.94. The molecule has 32 heavy (non-hydrogen) atoms. The fraction of sp³-hybridized carbons (Fsp3) is 0.211. The topological polar surface area (TPSA) is 37.3 Å². The zero-order valence-electron chi connectivity index (χ0n) is 15.1. The third kappa shape index (κ3) is 5.81. The molecule has 0 fully saturated rings. The summed E-state index contributed by atoms with van der Waals surface area (Å²) >= 11 is 2.55. The molecular formula is C19H9BrF10O2. The highest BCUT2D eigenvalue weighted by Crippen LogP contribution is 2.43. The first kappa shape index (κ1) is 25.7. The fourth-order valence-electron chi connectivity index (χ4n) is 2.69. The maximum Gasteiger partial charge on any atom is 0.417 e. The third-order valence-corrected chi connectivity index (χ3v) is 4.84. The largest absolute Gasteiger partial charge is 0.478 e. The molecular weight excluding hydrogens is 530 g/mol. The summed E-state index contributed by atoms with van der Waals surface area (Å²) in [6.45, 7) is 0. The quantitative estimate of drug-likeness (QED) is 0.402. The molecule has 2 nitrogen and oxygen atoms in total. The molecule has 0 spiro atoms. The summed E-state index contributed by atoms with van der Waals surface area (Å²) in [7, 11) is 0. The molecule has 0 aliphatic heterocycles. The first-order valence-electron chi connectivity index (χ1n) is 8.18. The molecule has 174 valence electrons. The van der Waals surface area contributed by atoms with Crippen LogP contribution in [-0.2, 0) is 12.4 Å². The number of allylic oxidation sites excluding steroid dienone is 1. The van der Waals surface area contributed by atoms with Gasteiger partial charge < -0.3 is 5.11 Å². The molecule has 0 aliphatic rings. The highest BCUT2D eigenvalue weighted by Gasteiger charge is 2.42. The maximum atomic E-state index is 14.5.